The van der Waals surface area contributed by atoms with Gasteiger partial charge in [-0.3, -0.25) is 29.5 Å². The molecule has 0 spiro atoms. The van der Waals surface area contributed by atoms with Gasteiger partial charge in [0.15, 0.2) is 22.2 Å². The van der Waals surface area contributed by atoms with Crippen molar-refractivity contribution in [2.45, 2.75) is 25.5 Å². The van der Waals surface area contributed by atoms with E-state index in [9.17, 15) is 52.2 Å². The number of hydrazine groups is 1. The number of hydrogen-bond acceptors (Lipinski definition) is 16. The second-order valence-electron chi connectivity index (χ2n) is 9.83. The van der Waals surface area contributed by atoms with E-state index in [1.54, 1.807) is 4.72 Å². The molecule has 0 radical (unpaired) electrons. The number of aromatic hydroxyl groups is 1. The van der Waals surface area contributed by atoms with Gasteiger partial charge in [-0.1, -0.05) is 5.16 Å². The summed E-state index contributed by atoms with van der Waals surface area (Å²) in [4.78, 5) is 97.4. The SMILES string of the molecule is CC(C)(O/N=C(\C(=O)NC1CN(C(=O)NS(=O)(=O)N2CCN(NC(=O)c3cc(=O)c(O)c[nH]3)C2=O)C1=O)c1csc(N)n1)C(=O)[O-].[Na+]. The Morgan fingerprint density at radius 3 is 2.49 bits per heavy atom. The Morgan fingerprint density at radius 2 is 1.91 bits per heavy atom. The standard InChI is InChI=1S/C22H24N10O12S2.Na/c1-22(2,18(38)39)44-28-14(11-8-45-19(23)26-11)16(36)25-10-7-30(17(10)37)20(40)29-46(42,43)32-4-3-31(21(32)41)27-15(35)9-5-12(33)13(34)6-24-9;/h5-6,8,10,34H,3-4,7H2,1-2H3,(H2,23,26)(H,24,33)(H,25,36)(H,27,35)(H,29,40)(H,38,39);/q;+1/p-1/b28-14-;. The molecule has 246 valence electrons. The number of nitrogens with zero attached hydrogens (tertiary/aromatic N) is 5. The zero-order chi connectivity index (χ0) is 34.1. The molecule has 1 atom stereocenters. The van der Waals surface area contributed by atoms with Crippen molar-refractivity contribution in [1.29, 1.82) is 0 Å². The molecular weight excluding hydrogens is 683 g/mol. The molecule has 4 rings (SSSR count). The van der Waals surface area contributed by atoms with Gasteiger partial charge in [-0.2, -0.15) is 8.42 Å². The molecule has 1 unspecified atom stereocenters. The minimum atomic E-state index is -4.90. The largest absolute Gasteiger partial charge is 1.00 e. The number of aliphatic carboxylic acids is 1. The molecule has 7 N–H and O–H groups in total. The van der Waals surface area contributed by atoms with Gasteiger partial charge in [0.2, 0.25) is 5.43 Å². The van der Waals surface area contributed by atoms with Gasteiger partial charge in [0.25, 0.3) is 17.7 Å². The van der Waals surface area contributed by atoms with Crippen molar-refractivity contribution >= 4 is 68.1 Å². The van der Waals surface area contributed by atoms with E-state index in [2.05, 4.69) is 25.9 Å². The van der Waals surface area contributed by atoms with Gasteiger partial charge < -0.3 is 35.9 Å². The summed E-state index contributed by atoms with van der Waals surface area (Å²) < 4.78 is 27.3. The fraction of sp³-hybridized carbons (Fsp3) is 0.318. The number of H-pyrrole nitrogens is 1. The van der Waals surface area contributed by atoms with E-state index in [0.29, 0.717) is 9.91 Å². The number of carbonyl (C=O) groups excluding carboxylic acids is 6. The quantitative estimate of drug-likeness (QED) is 0.0579. The number of hydrogen-bond donors (Lipinski definition) is 6. The number of aromatic nitrogens is 2. The van der Waals surface area contributed by atoms with Crippen molar-refractivity contribution < 1.29 is 81.8 Å². The molecule has 0 bridgehead atoms. The number of carboxylic acids is 1. The van der Waals surface area contributed by atoms with Gasteiger partial charge in [0.05, 0.1) is 25.6 Å². The molecule has 2 saturated heterocycles. The molecule has 2 aliphatic rings. The minimum absolute atomic E-state index is 0. The first-order chi connectivity index (χ1) is 21.4. The third-order valence-electron chi connectivity index (χ3n) is 6.17. The number of pyridine rings is 1. The van der Waals surface area contributed by atoms with E-state index in [4.69, 9.17) is 10.6 Å². The topological polar surface area (TPSA) is 319 Å². The Kier molecular flexibility index (Phi) is 10.9. The number of rotatable bonds is 10. The maximum absolute atomic E-state index is 12.9. The number of nitrogens with one attached hydrogen (secondary N) is 4. The van der Waals surface area contributed by atoms with Crippen LogP contribution in [-0.4, -0.2) is 110 Å². The zero-order valence-electron chi connectivity index (χ0n) is 24.5. The maximum atomic E-state index is 12.9. The summed E-state index contributed by atoms with van der Waals surface area (Å²) in [7, 11) is -4.90. The van der Waals surface area contributed by atoms with Crippen LogP contribution in [0.4, 0.5) is 14.7 Å². The van der Waals surface area contributed by atoms with E-state index >= 15 is 0 Å². The van der Waals surface area contributed by atoms with Crippen LogP contribution in [0.2, 0.25) is 0 Å². The van der Waals surface area contributed by atoms with E-state index < -0.39 is 87.6 Å². The average Bonchev–Trinajstić information content (AvgIpc) is 3.56. The predicted octanol–water partition coefficient (Wildman–Crippen LogP) is -7.26. The summed E-state index contributed by atoms with van der Waals surface area (Å²) in [6.07, 6.45) is 0.835. The van der Waals surface area contributed by atoms with Crippen molar-refractivity contribution in [3.8, 4) is 5.75 Å². The van der Waals surface area contributed by atoms with Crippen LogP contribution in [0.25, 0.3) is 0 Å². The molecule has 2 fully saturated rings. The number of oxime groups is 1. The predicted molar refractivity (Wildman–Crippen MR) is 149 cm³/mol. The average molecular weight is 707 g/mol. The number of thiazole rings is 1. The number of nitrogens with two attached hydrogens (primary N) is 1. The summed E-state index contributed by atoms with van der Waals surface area (Å²) >= 11 is 0.916. The number of aromatic amines is 1. The number of carboxylic acid groups (broad SMARTS) is 1. The van der Waals surface area contributed by atoms with Crippen LogP contribution < -0.4 is 61.3 Å². The van der Waals surface area contributed by atoms with Crippen LogP contribution in [0.15, 0.2) is 27.6 Å². The second kappa shape index (κ2) is 13.9. The summed E-state index contributed by atoms with van der Waals surface area (Å²) in [6, 6.07) is -3.36. The van der Waals surface area contributed by atoms with Crippen LogP contribution in [0.5, 0.6) is 5.75 Å². The number of likely N-dealkylation sites (tertiary alicyclic amines) is 1. The van der Waals surface area contributed by atoms with Gasteiger partial charge in [0, 0.05) is 17.6 Å². The molecule has 0 aromatic carbocycles. The van der Waals surface area contributed by atoms with Crippen LogP contribution in [0.3, 0.4) is 0 Å². The first-order valence-corrected chi connectivity index (χ1v) is 14.9. The molecule has 2 aromatic rings. The fourth-order valence-corrected chi connectivity index (χ4v) is 5.20. The third kappa shape index (κ3) is 7.97. The van der Waals surface area contributed by atoms with Crippen molar-refractivity contribution in [3.63, 3.8) is 0 Å². The summed E-state index contributed by atoms with van der Waals surface area (Å²) in [5, 5.41) is 28.2. The van der Waals surface area contributed by atoms with Crippen LogP contribution in [0, 0.1) is 0 Å². The van der Waals surface area contributed by atoms with Gasteiger partial charge >= 0.3 is 51.8 Å². The van der Waals surface area contributed by atoms with E-state index in [1.165, 1.54) is 5.38 Å². The van der Waals surface area contributed by atoms with E-state index in [1.807, 2.05) is 0 Å². The van der Waals surface area contributed by atoms with Gasteiger partial charge in [-0.15, -0.1) is 11.3 Å². The Balaban J connectivity index is 0.00000600. The van der Waals surface area contributed by atoms with Gasteiger partial charge in [-0.05, 0) is 13.8 Å². The van der Waals surface area contributed by atoms with Crippen molar-refractivity contribution in [2.75, 3.05) is 25.4 Å². The Hall–Kier alpha value is -4.78. The molecule has 0 saturated carbocycles. The van der Waals surface area contributed by atoms with Crippen molar-refractivity contribution in [3.05, 3.63) is 39.3 Å². The number of nitrogen functional groups attached to an aromatic ring is 1. The molecule has 4 heterocycles. The Morgan fingerprint density at radius 1 is 1.23 bits per heavy atom. The van der Waals surface area contributed by atoms with Crippen LogP contribution >= 0.6 is 11.3 Å². The smallest absolute Gasteiger partial charge is 0.546 e. The maximum Gasteiger partial charge on any atom is 1.00 e. The van der Waals surface area contributed by atoms with Gasteiger partial charge in [-0.25, -0.2) is 28.6 Å². The van der Waals surface area contributed by atoms with Crippen molar-refractivity contribution in [1.82, 2.24) is 39.6 Å². The first kappa shape index (κ1) is 36.7. The normalized spacial score (nSPS) is 16.6. The molecular formula is C22H23N10NaO12S2. The van der Waals surface area contributed by atoms with E-state index in [-0.39, 0.29) is 56.9 Å². The van der Waals surface area contributed by atoms with E-state index in [0.717, 1.165) is 37.4 Å². The molecule has 7 amide bonds. The zero-order valence-corrected chi connectivity index (χ0v) is 28.1. The molecule has 22 nitrogen and oxygen atoms in total. The summed E-state index contributed by atoms with van der Waals surface area (Å²) in [5.41, 5.74) is 3.75. The molecule has 0 aliphatic carbocycles. The second-order valence-corrected chi connectivity index (χ2v) is 12.3. The number of carbonyl (C=O) groups is 6. The number of imide groups is 1. The minimum Gasteiger partial charge on any atom is -0.546 e. The fourth-order valence-electron chi connectivity index (χ4n) is 3.58. The molecule has 47 heavy (non-hydrogen) atoms. The molecule has 2 aliphatic heterocycles. The number of β-lactam (4-membered cyclic amide) rings is 1. The molecule has 25 heteroatoms. The summed E-state index contributed by atoms with van der Waals surface area (Å²) in [6.45, 7) is 0.782. The number of amides is 7. The Labute approximate surface area is 289 Å². The Bertz CT molecular complexity index is 1840. The number of urea groups is 2. The van der Waals surface area contributed by atoms with Crippen LogP contribution in [0.1, 0.15) is 30.0 Å². The first-order valence-electron chi connectivity index (χ1n) is 12.6. The van der Waals surface area contributed by atoms with Crippen molar-refractivity contribution in [2.24, 2.45) is 5.16 Å². The van der Waals surface area contributed by atoms with Crippen LogP contribution in [-0.2, 0) is 29.4 Å². The van der Waals surface area contributed by atoms with Gasteiger partial charge in [0.1, 0.15) is 17.4 Å². The number of anilines is 1. The summed E-state index contributed by atoms with van der Waals surface area (Å²) in [5.74, 6) is -5.47. The third-order valence-corrected chi connectivity index (χ3v) is 8.19. The molecule has 2 aromatic heterocycles. The monoisotopic (exact) mass is 706 g/mol.